The first-order valence-electron chi connectivity index (χ1n) is 18.2. The van der Waals surface area contributed by atoms with Crippen LogP contribution in [0.4, 0.5) is 34.1 Å². The van der Waals surface area contributed by atoms with Crippen LogP contribution >= 0.6 is 0 Å². The van der Waals surface area contributed by atoms with E-state index in [-0.39, 0.29) is 0 Å². The van der Waals surface area contributed by atoms with Crippen LogP contribution in [0.1, 0.15) is 0 Å². The first kappa shape index (κ1) is 31.4. The summed E-state index contributed by atoms with van der Waals surface area (Å²) in [6.07, 6.45) is 7.45. The first-order valence-corrected chi connectivity index (χ1v) is 18.2. The van der Waals surface area contributed by atoms with Gasteiger partial charge in [0, 0.05) is 35.1 Å². The van der Waals surface area contributed by atoms with Crippen molar-refractivity contribution >= 4 is 66.4 Å². The van der Waals surface area contributed by atoms with E-state index >= 15 is 0 Å². The van der Waals surface area contributed by atoms with E-state index in [9.17, 15) is 0 Å². The molecule has 0 radical (unpaired) electrons. The number of aromatic nitrogens is 2. The fourth-order valence-corrected chi connectivity index (χ4v) is 7.91. The summed E-state index contributed by atoms with van der Waals surface area (Å²) in [5, 5.41) is 7.62. The van der Waals surface area contributed by atoms with Crippen molar-refractivity contribution in [1.29, 1.82) is 0 Å². The molecule has 54 heavy (non-hydrogen) atoms. The van der Waals surface area contributed by atoms with Gasteiger partial charge in [-0.05, 0) is 133 Å². The van der Waals surface area contributed by atoms with Crippen LogP contribution in [0.25, 0.3) is 54.6 Å². The highest BCUT2D eigenvalue weighted by atomic mass is 15.2. The lowest BCUT2D eigenvalue weighted by molar-refractivity contribution is 1.23. The molecule has 10 rings (SSSR count). The Labute approximate surface area is 314 Å². The van der Waals surface area contributed by atoms with E-state index in [1.807, 2.05) is 49.1 Å². The van der Waals surface area contributed by atoms with Gasteiger partial charge in [-0.3, -0.25) is 9.97 Å². The molecule has 2 heterocycles. The van der Waals surface area contributed by atoms with E-state index in [1.165, 1.54) is 54.6 Å². The molecule has 0 amide bonds. The maximum atomic E-state index is 4.43. The van der Waals surface area contributed by atoms with Gasteiger partial charge in [0.1, 0.15) is 0 Å². The summed E-state index contributed by atoms with van der Waals surface area (Å²) in [7, 11) is 0. The quantitative estimate of drug-likeness (QED) is 0.149. The Hall–Kier alpha value is -7.30. The Balaban J connectivity index is 1.13. The van der Waals surface area contributed by atoms with Crippen LogP contribution in [0, 0.1) is 0 Å². The average molecular weight is 691 g/mol. The van der Waals surface area contributed by atoms with Crippen molar-refractivity contribution < 1.29 is 0 Å². The van der Waals surface area contributed by atoms with Gasteiger partial charge < -0.3 is 9.80 Å². The van der Waals surface area contributed by atoms with Crippen molar-refractivity contribution in [2.24, 2.45) is 0 Å². The van der Waals surface area contributed by atoms with Crippen molar-refractivity contribution in [2.45, 2.75) is 0 Å². The van der Waals surface area contributed by atoms with Gasteiger partial charge >= 0.3 is 0 Å². The predicted molar refractivity (Wildman–Crippen MR) is 226 cm³/mol. The lowest BCUT2D eigenvalue weighted by Crippen LogP contribution is -2.09. The molecule has 0 fully saturated rings. The molecule has 2 aromatic heterocycles. The highest BCUT2D eigenvalue weighted by Crippen LogP contribution is 2.45. The van der Waals surface area contributed by atoms with Gasteiger partial charge in [-0.25, -0.2) is 0 Å². The Morgan fingerprint density at radius 3 is 1.17 bits per heavy atom. The highest BCUT2D eigenvalue weighted by Gasteiger charge is 2.19. The van der Waals surface area contributed by atoms with E-state index in [0.717, 1.165) is 34.1 Å². The van der Waals surface area contributed by atoms with Crippen LogP contribution in [0.2, 0.25) is 0 Å². The molecule has 0 unspecified atom stereocenters. The summed E-state index contributed by atoms with van der Waals surface area (Å²) in [5.41, 5.74) is 11.1. The van der Waals surface area contributed by atoms with Crippen LogP contribution in [0.5, 0.6) is 0 Å². The van der Waals surface area contributed by atoms with E-state index < -0.39 is 0 Å². The summed E-state index contributed by atoms with van der Waals surface area (Å²) in [6.45, 7) is 0. The van der Waals surface area contributed by atoms with E-state index in [0.29, 0.717) is 0 Å². The second-order valence-electron chi connectivity index (χ2n) is 13.5. The number of hydrogen-bond acceptors (Lipinski definition) is 4. The zero-order valence-corrected chi connectivity index (χ0v) is 29.4. The predicted octanol–water partition coefficient (Wildman–Crippen LogP) is 13.6. The van der Waals surface area contributed by atoms with Crippen molar-refractivity contribution in [2.75, 3.05) is 9.80 Å². The summed E-state index contributed by atoms with van der Waals surface area (Å²) < 4.78 is 0. The topological polar surface area (TPSA) is 32.3 Å². The minimum Gasteiger partial charge on any atom is -0.309 e. The first-order chi connectivity index (χ1) is 26.8. The molecule has 254 valence electrons. The molecule has 0 aliphatic heterocycles. The molecular weight excluding hydrogens is 657 g/mol. The average Bonchev–Trinajstić information content (AvgIpc) is 3.25. The molecule has 0 spiro atoms. The normalized spacial score (nSPS) is 11.3. The van der Waals surface area contributed by atoms with Crippen molar-refractivity contribution in [3.63, 3.8) is 0 Å². The second kappa shape index (κ2) is 13.4. The van der Waals surface area contributed by atoms with Crippen LogP contribution in [-0.4, -0.2) is 9.97 Å². The molecule has 0 bridgehead atoms. The van der Waals surface area contributed by atoms with Gasteiger partial charge in [0.2, 0.25) is 0 Å². The van der Waals surface area contributed by atoms with Gasteiger partial charge in [-0.1, -0.05) is 103 Å². The molecule has 0 aliphatic rings. The minimum absolute atomic E-state index is 1.01. The smallest absolute Gasteiger partial charge is 0.0644 e. The van der Waals surface area contributed by atoms with Crippen molar-refractivity contribution in [3.8, 4) is 22.3 Å². The van der Waals surface area contributed by atoms with Crippen LogP contribution in [-0.2, 0) is 0 Å². The van der Waals surface area contributed by atoms with Gasteiger partial charge in [-0.15, -0.1) is 0 Å². The van der Waals surface area contributed by atoms with Crippen molar-refractivity contribution in [1.82, 2.24) is 9.97 Å². The summed E-state index contributed by atoms with van der Waals surface area (Å²) in [6, 6.07) is 65.1. The second-order valence-corrected chi connectivity index (χ2v) is 13.5. The number of pyridine rings is 2. The van der Waals surface area contributed by atoms with Gasteiger partial charge in [0.15, 0.2) is 0 Å². The maximum absolute atomic E-state index is 4.43. The number of anilines is 6. The van der Waals surface area contributed by atoms with E-state index in [4.69, 9.17) is 0 Å². The Morgan fingerprint density at radius 1 is 0.315 bits per heavy atom. The monoisotopic (exact) mass is 690 g/mol. The molecule has 0 saturated heterocycles. The zero-order chi connectivity index (χ0) is 35.8. The van der Waals surface area contributed by atoms with E-state index in [2.05, 4.69) is 177 Å². The van der Waals surface area contributed by atoms with Crippen molar-refractivity contribution in [3.05, 3.63) is 207 Å². The highest BCUT2D eigenvalue weighted by molar-refractivity contribution is 6.28. The number of rotatable bonds is 8. The van der Waals surface area contributed by atoms with Crippen LogP contribution in [0.3, 0.4) is 0 Å². The zero-order valence-electron chi connectivity index (χ0n) is 29.4. The molecule has 10 aromatic rings. The van der Waals surface area contributed by atoms with Gasteiger partial charge in [-0.2, -0.15) is 0 Å². The van der Waals surface area contributed by atoms with Gasteiger partial charge in [0.05, 0.1) is 23.8 Å². The van der Waals surface area contributed by atoms with Crippen LogP contribution < -0.4 is 9.80 Å². The van der Waals surface area contributed by atoms with Gasteiger partial charge in [0.25, 0.3) is 0 Å². The molecule has 0 aliphatic carbocycles. The number of hydrogen-bond donors (Lipinski definition) is 0. The number of para-hydroxylation sites is 2. The summed E-state index contributed by atoms with van der Waals surface area (Å²) in [5.74, 6) is 0. The third-order valence-corrected chi connectivity index (χ3v) is 10.4. The SMILES string of the molecule is c1ccc(N(c2ccc(-c3cc(-c4ccc(N(c5ccccc5)c5cccnc5)cc4)c4ccc5cccc6ccc3c4c65)cc2)c2cccnc2)cc1. The maximum Gasteiger partial charge on any atom is 0.0644 e. The summed E-state index contributed by atoms with van der Waals surface area (Å²) >= 11 is 0. The lowest BCUT2D eigenvalue weighted by Gasteiger charge is -2.25. The number of benzene rings is 8. The Kier molecular flexibility index (Phi) is 7.77. The molecule has 0 saturated carbocycles. The fraction of sp³-hybridized carbons (Fsp3) is 0. The van der Waals surface area contributed by atoms with E-state index in [1.54, 1.807) is 0 Å². The molecule has 4 heteroatoms. The minimum atomic E-state index is 1.01. The molecule has 8 aromatic carbocycles. The summed E-state index contributed by atoms with van der Waals surface area (Å²) in [4.78, 5) is 13.4. The number of nitrogens with zero attached hydrogens (tertiary/aromatic N) is 4. The third-order valence-electron chi connectivity index (χ3n) is 10.4. The standard InChI is InChI=1S/C50H34N4/c1-3-12-39(13-4-1)53(43-16-8-30-51-33-43)41-24-18-35(19-25-41)47-32-48(46-29-23-38-11-7-10-37-22-28-45(47)50(46)49(37)38)36-20-26-42(27-21-36)54(40-14-5-2-6-15-40)44-17-9-31-52-34-44/h1-34H. The largest absolute Gasteiger partial charge is 0.309 e. The third kappa shape index (κ3) is 5.49. The Morgan fingerprint density at radius 2 is 0.741 bits per heavy atom. The lowest BCUT2D eigenvalue weighted by atomic mass is 9.85. The molecule has 0 N–H and O–H groups in total. The molecule has 0 atom stereocenters. The molecular formula is C50H34N4. The molecule has 4 nitrogen and oxygen atoms in total. The fourth-order valence-electron chi connectivity index (χ4n) is 7.91. The Bertz CT molecular complexity index is 2570. The van der Waals surface area contributed by atoms with Crippen LogP contribution in [0.15, 0.2) is 207 Å².